The molecule has 0 bridgehead atoms. The topological polar surface area (TPSA) is 55.3 Å². The minimum Gasteiger partial charge on any atom is -1.00 e. The summed E-state index contributed by atoms with van der Waals surface area (Å²) in [6, 6.07) is 8.57. The van der Waals surface area contributed by atoms with Crippen molar-refractivity contribution in [3.63, 3.8) is 0 Å². The molecule has 0 amide bonds. The van der Waals surface area contributed by atoms with Gasteiger partial charge in [0.25, 0.3) is 5.82 Å². The summed E-state index contributed by atoms with van der Waals surface area (Å²) in [5.74, 6) is -3.61. The third kappa shape index (κ3) is 4.91. The molecule has 2 atom stereocenters. The number of nitrogens with zero attached hydrogens (tertiary/aromatic N) is 2. The van der Waals surface area contributed by atoms with E-state index in [4.69, 9.17) is 4.74 Å². The number of hydrogen-bond donors (Lipinski definition) is 1. The normalized spacial score (nSPS) is 19.9. The Labute approximate surface area is 186 Å². The number of ether oxygens (including phenoxy) is 1. The van der Waals surface area contributed by atoms with Crippen LogP contribution in [-0.4, -0.2) is 28.2 Å². The number of aromatic nitrogens is 2. The maximum absolute atomic E-state index is 13.8. The quantitative estimate of drug-likeness (QED) is 0.458. The molecule has 0 radical (unpaired) electrons. The molecular formula is C22H29BrF2N2O3. The molecule has 30 heavy (non-hydrogen) atoms. The van der Waals surface area contributed by atoms with Crippen molar-refractivity contribution in [2.75, 3.05) is 6.61 Å². The fraction of sp³-hybridized carbons (Fsp3) is 0.545. The van der Waals surface area contributed by atoms with Gasteiger partial charge < -0.3 is 26.8 Å². The van der Waals surface area contributed by atoms with E-state index in [0.29, 0.717) is 18.2 Å². The number of carbonyl (C=O) groups is 1. The summed E-state index contributed by atoms with van der Waals surface area (Å²) in [6.45, 7) is 6.60. The highest BCUT2D eigenvalue weighted by Crippen LogP contribution is 2.47. The van der Waals surface area contributed by atoms with Crippen molar-refractivity contribution in [1.82, 2.24) is 4.57 Å². The van der Waals surface area contributed by atoms with Crippen LogP contribution in [0.2, 0.25) is 0 Å². The highest BCUT2D eigenvalue weighted by molar-refractivity contribution is 5.81. The maximum atomic E-state index is 13.8. The standard InChI is InChI=1S/C22H29F2N2O3.BrH/c1-16(2)26-12-11-25(17(26)3)13-14-29-20(27)22(28,18-7-5-4-6-8-18)19-9-10-21(23,24)15-19;/h4-8,11-12,16,19,28H,9-10,13-15H2,1-3H3;1H/q+1;/p-1/t19-,22-;/m0./s1. The molecule has 1 N–H and O–H groups in total. The lowest BCUT2D eigenvalue weighted by atomic mass is 9.80. The van der Waals surface area contributed by atoms with Crippen LogP contribution in [0, 0.1) is 12.8 Å². The van der Waals surface area contributed by atoms with Crippen LogP contribution < -0.4 is 21.5 Å². The molecule has 8 heteroatoms. The maximum Gasteiger partial charge on any atom is 0.343 e. The van der Waals surface area contributed by atoms with E-state index >= 15 is 0 Å². The third-order valence-electron chi connectivity index (χ3n) is 5.84. The molecular weight excluding hydrogens is 458 g/mol. The molecule has 1 aliphatic carbocycles. The van der Waals surface area contributed by atoms with E-state index in [0.717, 1.165) is 5.82 Å². The Morgan fingerprint density at radius 2 is 2.03 bits per heavy atom. The van der Waals surface area contributed by atoms with E-state index in [9.17, 15) is 18.7 Å². The first-order valence-electron chi connectivity index (χ1n) is 10.0. The lowest BCUT2D eigenvalue weighted by Gasteiger charge is -2.32. The number of esters is 1. The fourth-order valence-corrected chi connectivity index (χ4v) is 4.16. The molecule has 0 saturated heterocycles. The van der Waals surface area contributed by atoms with Crippen molar-refractivity contribution in [3.05, 3.63) is 54.1 Å². The van der Waals surface area contributed by atoms with Gasteiger partial charge in [-0.15, -0.1) is 0 Å². The molecule has 1 aromatic carbocycles. The Kier molecular flexibility index (Phi) is 7.80. The Morgan fingerprint density at radius 3 is 2.57 bits per heavy atom. The molecule has 2 aromatic rings. The lowest BCUT2D eigenvalue weighted by molar-refractivity contribution is -0.721. The van der Waals surface area contributed by atoms with Crippen LogP contribution >= 0.6 is 0 Å². The first-order chi connectivity index (χ1) is 13.6. The minimum absolute atomic E-state index is 0. The SMILES string of the molecule is Cc1n(CCOC(=O)[C@](O)(c2ccccc2)[C@H]2CCC(F)(F)C2)cc[n+]1C(C)C.[Br-]. The number of carbonyl (C=O) groups excluding carboxylic acids is 1. The van der Waals surface area contributed by atoms with Gasteiger partial charge in [-0.2, -0.15) is 0 Å². The summed E-state index contributed by atoms with van der Waals surface area (Å²) >= 11 is 0. The predicted octanol–water partition coefficient (Wildman–Crippen LogP) is 0.535. The van der Waals surface area contributed by atoms with Crippen molar-refractivity contribution in [1.29, 1.82) is 0 Å². The lowest BCUT2D eigenvalue weighted by Crippen LogP contribution is -3.00. The van der Waals surface area contributed by atoms with Crippen LogP contribution in [0.25, 0.3) is 0 Å². The molecule has 1 aromatic heterocycles. The highest BCUT2D eigenvalue weighted by atomic mass is 79.9. The van der Waals surface area contributed by atoms with Crippen molar-refractivity contribution in [2.45, 2.75) is 64.1 Å². The highest BCUT2D eigenvalue weighted by Gasteiger charge is 2.54. The number of benzene rings is 1. The van der Waals surface area contributed by atoms with E-state index in [1.54, 1.807) is 30.3 Å². The van der Waals surface area contributed by atoms with Gasteiger partial charge in [-0.3, -0.25) is 0 Å². The van der Waals surface area contributed by atoms with Crippen LogP contribution in [0.1, 0.15) is 50.5 Å². The minimum atomic E-state index is -2.87. The largest absolute Gasteiger partial charge is 1.00 e. The third-order valence-corrected chi connectivity index (χ3v) is 5.84. The Balaban J connectivity index is 0.00000320. The zero-order valence-corrected chi connectivity index (χ0v) is 19.1. The van der Waals surface area contributed by atoms with E-state index in [-0.39, 0.29) is 36.4 Å². The van der Waals surface area contributed by atoms with Gasteiger partial charge in [0, 0.05) is 25.7 Å². The van der Waals surface area contributed by atoms with Gasteiger partial charge in [-0.05, 0) is 25.8 Å². The zero-order valence-electron chi connectivity index (χ0n) is 17.5. The molecule has 166 valence electrons. The molecule has 1 heterocycles. The summed E-state index contributed by atoms with van der Waals surface area (Å²) in [7, 11) is 0. The van der Waals surface area contributed by atoms with Crippen LogP contribution in [0.3, 0.4) is 0 Å². The summed E-state index contributed by atoms with van der Waals surface area (Å²) in [4.78, 5) is 12.9. The molecule has 1 fully saturated rings. The Morgan fingerprint density at radius 1 is 1.37 bits per heavy atom. The molecule has 3 rings (SSSR count). The molecule has 5 nitrogen and oxygen atoms in total. The second-order valence-electron chi connectivity index (χ2n) is 8.10. The smallest absolute Gasteiger partial charge is 0.343 e. The number of rotatable bonds is 7. The number of halogens is 3. The average molecular weight is 487 g/mol. The predicted molar refractivity (Wildman–Crippen MR) is 103 cm³/mol. The van der Waals surface area contributed by atoms with Crippen molar-refractivity contribution < 1.29 is 45.0 Å². The number of alkyl halides is 2. The fourth-order valence-electron chi connectivity index (χ4n) is 4.16. The van der Waals surface area contributed by atoms with Crippen molar-refractivity contribution in [2.24, 2.45) is 5.92 Å². The second-order valence-corrected chi connectivity index (χ2v) is 8.10. The van der Waals surface area contributed by atoms with Crippen molar-refractivity contribution >= 4 is 5.97 Å². The van der Waals surface area contributed by atoms with Gasteiger partial charge >= 0.3 is 5.97 Å². The molecule has 0 unspecified atom stereocenters. The van der Waals surface area contributed by atoms with E-state index in [1.165, 1.54) is 0 Å². The van der Waals surface area contributed by atoms with Gasteiger partial charge in [-0.25, -0.2) is 22.7 Å². The first-order valence-corrected chi connectivity index (χ1v) is 10.0. The van der Waals surface area contributed by atoms with Gasteiger partial charge in [0.15, 0.2) is 5.60 Å². The van der Waals surface area contributed by atoms with Crippen molar-refractivity contribution in [3.8, 4) is 0 Å². The summed E-state index contributed by atoms with van der Waals surface area (Å²) in [5.41, 5.74) is -1.78. The van der Waals surface area contributed by atoms with Crippen LogP contribution in [0.15, 0.2) is 42.7 Å². The molecule has 0 spiro atoms. The van der Waals surface area contributed by atoms with Gasteiger partial charge in [0.05, 0.1) is 6.04 Å². The summed E-state index contributed by atoms with van der Waals surface area (Å²) in [6.07, 6.45) is 3.07. The van der Waals surface area contributed by atoms with Gasteiger partial charge in [-0.1, -0.05) is 30.3 Å². The molecule has 1 saturated carbocycles. The monoisotopic (exact) mass is 486 g/mol. The first kappa shape index (κ1) is 24.5. The van der Waals surface area contributed by atoms with Crippen LogP contribution in [0.5, 0.6) is 0 Å². The van der Waals surface area contributed by atoms with Gasteiger partial charge in [0.2, 0.25) is 5.92 Å². The van der Waals surface area contributed by atoms with E-state index in [2.05, 4.69) is 18.4 Å². The van der Waals surface area contributed by atoms with Crippen LogP contribution in [0.4, 0.5) is 8.78 Å². The van der Waals surface area contributed by atoms with Crippen LogP contribution in [-0.2, 0) is 21.7 Å². The second kappa shape index (κ2) is 9.56. The average Bonchev–Trinajstić information content (AvgIpc) is 3.24. The Bertz CT molecular complexity index is 857. The Hall–Kier alpha value is -1.80. The summed E-state index contributed by atoms with van der Waals surface area (Å²) in [5, 5.41) is 11.3. The molecule has 0 aliphatic heterocycles. The van der Waals surface area contributed by atoms with E-state index < -0.39 is 29.8 Å². The molecule has 1 aliphatic rings. The van der Waals surface area contributed by atoms with E-state index in [1.807, 2.05) is 23.9 Å². The zero-order chi connectivity index (χ0) is 21.2. The number of aliphatic hydroxyl groups is 1. The summed E-state index contributed by atoms with van der Waals surface area (Å²) < 4.78 is 37.1. The number of hydrogen-bond acceptors (Lipinski definition) is 3. The number of imidazole rings is 1. The van der Waals surface area contributed by atoms with Gasteiger partial charge in [0.1, 0.15) is 25.5 Å².